The Kier molecular flexibility index (Phi) is 2.91. The van der Waals surface area contributed by atoms with Crippen LogP contribution < -0.4 is 9.47 Å². The van der Waals surface area contributed by atoms with Crippen LogP contribution in [0.4, 0.5) is 0 Å². The maximum Gasteiger partial charge on any atom is 0.162 e. The van der Waals surface area contributed by atoms with Gasteiger partial charge in [0, 0.05) is 12.6 Å². The third kappa shape index (κ3) is 1.96. The van der Waals surface area contributed by atoms with Gasteiger partial charge in [0.05, 0.1) is 0 Å². The number of nitrogens with zero attached hydrogens (tertiary/aromatic N) is 3. The van der Waals surface area contributed by atoms with Crippen molar-refractivity contribution in [3.8, 4) is 29.0 Å². The monoisotopic (exact) mass is 319 g/mol. The van der Waals surface area contributed by atoms with E-state index in [9.17, 15) is 0 Å². The molecule has 19 heavy (non-hydrogen) atoms. The van der Waals surface area contributed by atoms with E-state index in [0.29, 0.717) is 35.1 Å². The topological polar surface area (TPSA) is 60.1 Å². The Morgan fingerprint density at radius 1 is 1.32 bits per heavy atom. The second-order valence-corrected chi connectivity index (χ2v) is 4.86. The van der Waals surface area contributed by atoms with E-state index in [1.165, 1.54) is 0 Å². The van der Waals surface area contributed by atoms with Crippen LogP contribution in [-0.4, -0.2) is 22.8 Å². The zero-order valence-electron chi connectivity index (χ0n) is 10.2. The van der Waals surface area contributed by atoms with E-state index in [1.807, 2.05) is 25.2 Å². The molecule has 2 heterocycles. The van der Waals surface area contributed by atoms with Crippen LogP contribution >= 0.6 is 15.9 Å². The van der Waals surface area contributed by atoms with Crippen molar-refractivity contribution in [2.45, 2.75) is 0 Å². The molecule has 0 spiro atoms. The van der Waals surface area contributed by atoms with Gasteiger partial charge in [0.1, 0.15) is 29.7 Å². The fourth-order valence-corrected chi connectivity index (χ4v) is 2.55. The lowest BCUT2D eigenvalue weighted by atomic mass is 10.2. The molecule has 2 aromatic rings. The predicted octanol–water partition coefficient (Wildman–Crippen LogP) is 2.49. The van der Waals surface area contributed by atoms with Crippen molar-refractivity contribution in [2.75, 3.05) is 13.2 Å². The number of aromatic nitrogens is 2. The summed E-state index contributed by atoms with van der Waals surface area (Å²) in [6, 6.07) is 7.76. The van der Waals surface area contributed by atoms with E-state index in [2.05, 4.69) is 27.0 Å². The number of hydrogen-bond donors (Lipinski definition) is 0. The van der Waals surface area contributed by atoms with Gasteiger partial charge in [-0.2, -0.15) is 5.26 Å². The van der Waals surface area contributed by atoms with Gasteiger partial charge in [-0.25, -0.2) is 4.98 Å². The standard InChI is InChI=1S/C13H10BrN3O2/c1-17-9(7-15)12(14)16-13(17)8-2-3-10-11(6-8)19-5-4-18-10/h2-3,6H,4-5H2,1H3. The van der Waals surface area contributed by atoms with E-state index < -0.39 is 0 Å². The largest absolute Gasteiger partial charge is 0.486 e. The highest BCUT2D eigenvalue weighted by molar-refractivity contribution is 9.10. The SMILES string of the molecule is Cn1c(-c2ccc3c(c2)OCCO3)nc(Br)c1C#N. The van der Waals surface area contributed by atoms with Gasteiger partial charge in [-0.05, 0) is 34.1 Å². The molecule has 5 nitrogen and oxygen atoms in total. The van der Waals surface area contributed by atoms with Crippen LogP contribution in [0.3, 0.4) is 0 Å². The van der Waals surface area contributed by atoms with Gasteiger partial charge in [-0.3, -0.25) is 0 Å². The molecule has 1 aliphatic heterocycles. The van der Waals surface area contributed by atoms with Crippen LogP contribution in [-0.2, 0) is 7.05 Å². The molecule has 3 rings (SSSR count). The fraction of sp³-hybridized carbons (Fsp3) is 0.231. The molecule has 0 atom stereocenters. The van der Waals surface area contributed by atoms with Crippen molar-refractivity contribution in [1.82, 2.24) is 9.55 Å². The maximum absolute atomic E-state index is 9.07. The van der Waals surface area contributed by atoms with E-state index in [-0.39, 0.29) is 0 Å². The highest BCUT2D eigenvalue weighted by Crippen LogP contribution is 2.35. The Labute approximate surface area is 118 Å². The molecule has 0 aliphatic carbocycles. The molecule has 1 aromatic carbocycles. The van der Waals surface area contributed by atoms with E-state index in [4.69, 9.17) is 14.7 Å². The fourth-order valence-electron chi connectivity index (χ4n) is 2.03. The lowest BCUT2D eigenvalue weighted by Gasteiger charge is -2.18. The first kappa shape index (κ1) is 12.1. The van der Waals surface area contributed by atoms with Crippen molar-refractivity contribution in [3.63, 3.8) is 0 Å². The molecule has 0 radical (unpaired) electrons. The summed E-state index contributed by atoms with van der Waals surface area (Å²) in [6.45, 7) is 1.11. The van der Waals surface area contributed by atoms with Crippen LogP contribution in [0.1, 0.15) is 5.69 Å². The number of hydrogen-bond acceptors (Lipinski definition) is 4. The van der Waals surface area contributed by atoms with E-state index >= 15 is 0 Å². The Hall–Kier alpha value is -2.00. The number of nitriles is 1. The first-order valence-corrected chi connectivity index (χ1v) is 6.52. The summed E-state index contributed by atoms with van der Waals surface area (Å²) in [4.78, 5) is 4.36. The van der Waals surface area contributed by atoms with Crippen molar-refractivity contribution >= 4 is 15.9 Å². The smallest absolute Gasteiger partial charge is 0.162 e. The van der Waals surface area contributed by atoms with Gasteiger partial charge in [-0.15, -0.1) is 0 Å². The normalized spacial score (nSPS) is 13.1. The van der Waals surface area contributed by atoms with Crippen molar-refractivity contribution in [3.05, 3.63) is 28.5 Å². The van der Waals surface area contributed by atoms with Gasteiger partial charge in [0.15, 0.2) is 17.2 Å². The van der Waals surface area contributed by atoms with Crippen LogP contribution in [0, 0.1) is 11.3 Å². The van der Waals surface area contributed by atoms with Crippen LogP contribution in [0.5, 0.6) is 11.5 Å². The molecule has 0 saturated carbocycles. The molecule has 1 aromatic heterocycles. The summed E-state index contributed by atoms with van der Waals surface area (Å²) in [5, 5.41) is 9.07. The second-order valence-electron chi connectivity index (χ2n) is 4.10. The highest BCUT2D eigenvalue weighted by atomic mass is 79.9. The van der Waals surface area contributed by atoms with Gasteiger partial charge in [0.2, 0.25) is 0 Å². The Morgan fingerprint density at radius 2 is 2.05 bits per heavy atom. The van der Waals surface area contributed by atoms with Gasteiger partial charge < -0.3 is 14.0 Å². The van der Waals surface area contributed by atoms with Gasteiger partial charge >= 0.3 is 0 Å². The van der Waals surface area contributed by atoms with Gasteiger partial charge in [-0.1, -0.05) is 0 Å². The summed E-state index contributed by atoms with van der Waals surface area (Å²) in [7, 11) is 1.81. The quantitative estimate of drug-likeness (QED) is 0.810. The zero-order valence-corrected chi connectivity index (χ0v) is 11.8. The molecule has 6 heteroatoms. The minimum atomic E-state index is 0.491. The molecular weight excluding hydrogens is 310 g/mol. The van der Waals surface area contributed by atoms with E-state index in [0.717, 1.165) is 11.3 Å². The summed E-state index contributed by atoms with van der Waals surface area (Å²) < 4.78 is 13.3. The number of rotatable bonds is 1. The molecular formula is C13H10BrN3O2. The highest BCUT2D eigenvalue weighted by Gasteiger charge is 2.17. The molecule has 0 saturated heterocycles. The predicted molar refractivity (Wildman–Crippen MR) is 72.0 cm³/mol. The van der Waals surface area contributed by atoms with Crippen molar-refractivity contribution in [1.29, 1.82) is 5.26 Å². The molecule has 0 unspecified atom stereocenters. The van der Waals surface area contributed by atoms with Gasteiger partial charge in [0.25, 0.3) is 0 Å². The summed E-state index contributed by atoms with van der Waals surface area (Å²) in [5.41, 5.74) is 1.37. The maximum atomic E-state index is 9.07. The lowest BCUT2D eigenvalue weighted by Crippen LogP contribution is -2.15. The second kappa shape index (κ2) is 4.59. The molecule has 1 aliphatic rings. The first-order chi connectivity index (χ1) is 9.20. The number of fused-ring (bicyclic) bond motifs is 1. The van der Waals surface area contributed by atoms with E-state index in [1.54, 1.807) is 4.57 Å². The lowest BCUT2D eigenvalue weighted by molar-refractivity contribution is 0.171. The molecule has 0 bridgehead atoms. The Balaban J connectivity index is 2.10. The third-order valence-corrected chi connectivity index (χ3v) is 3.51. The molecule has 0 fully saturated rings. The zero-order chi connectivity index (χ0) is 13.4. The van der Waals surface area contributed by atoms with Crippen LogP contribution in [0.2, 0.25) is 0 Å². The minimum Gasteiger partial charge on any atom is -0.486 e. The number of benzene rings is 1. The summed E-state index contributed by atoms with van der Waals surface area (Å²) in [6.07, 6.45) is 0. The summed E-state index contributed by atoms with van der Waals surface area (Å²) in [5.74, 6) is 2.16. The number of halogens is 1. The molecule has 0 N–H and O–H groups in total. The Bertz CT molecular complexity index is 688. The third-order valence-electron chi connectivity index (χ3n) is 2.96. The Morgan fingerprint density at radius 3 is 2.74 bits per heavy atom. The van der Waals surface area contributed by atoms with Crippen molar-refractivity contribution in [2.24, 2.45) is 7.05 Å². The average molecular weight is 320 g/mol. The molecule has 96 valence electrons. The number of imidazole rings is 1. The first-order valence-electron chi connectivity index (χ1n) is 5.73. The average Bonchev–Trinajstić information content (AvgIpc) is 2.73. The van der Waals surface area contributed by atoms with Crippen LogP contribution in [0.15, 0.2) is 22.8 Å². The minimum absolute atomic E-state index is 0.491. The summed E-state index contributed by atoms with van der Waals surface area (Å²) >= 11 is 3.29. The number of ether oxygens (including phenoxy) is 2. The van der Waals surface area contributed by atoms with Crippen LogP contribution in [0.25, 0.3) is 11.4 Å². The molecule has 0 amide bonds. The van der Waals surface area contributed by atoms with Crippen molar-refractivity contribution < 1.29 is 9.47 Å².